The van der Waals surface area contributed by atoms with Gasteiger partial charge in [-0.05, 0) is 31.4 Å². The van der Waals surface area contributed by atoms with Gasteiger partial charge in [0, 0.05) is 5.56 Å². The van der Waals surface area contributed by atoms with Crippen molar-refractivity contribution >= 4 is 11.8 Å². The van der Waals surface area contributed by atoms with E-state index in [1.165, 1.54) is 5.56 Å². The minimum atomic E-state index is -0.177. The summed E-state index contributed by atoms with van der Waals surface area (Å²) in [6.45, 7) is 2.04. The Hall–Kier alpha value is -1.33. The molecule has 2 aromatic rings. The molecule has 0 aliphatic rings. The normalized spacial score (nSPS) is 12.6. The molecule has 18 heavy (non-hydrogen) atoms. The molecule has 4 nitrogen and oxygen atoms in total. The van der Waals surface area contributed by atoms with Crippen LogP contribution in [0.1, 0.15) is 23.9 Å². The van der Waals surface area contributed by atoms with E-state index in [1.807, 2.05) is 31.2 Å². The smallest absolute Gasteiger partial charge is 0.243 e. The van der Waals surface area contributed by atoms with Crippen molar-refractivity contribution in [3.8, 4) is 11.4 Å². The number of hydrogen-bond donors (Lipinski definition) is 1. The predicted molar refractivity (Wildman–Crippen MR) is 74.4 cm³/mol. The van der Waals surface area contributed by atoms with Crippen LogP contribution in [0.5, 0.6) is 0 Å². The van der Waals surface area contributed by atoms with E-state index in [1.54, 1.807) is 11.8 Å². The minimum Gasteiger partial charge on any atom is -0.337 e. The zero-order chi connectivity index (χ0) is 13.0. The van der Waals surface area contributed by atoms with Crippen LogP contribution in [0.15, 0.2) is 28.8 Å². The summed E-state index contributed by atoms with van der Waals surface area (Å²) in [5.41, 5.74) is 8.12. The van der Waals surface area contributed by atoms with E-state index in [-0.39, 0.29) is 6.04 Å². The lowest BCUT2D eigenvalue weighted by Crippen LogP contribution is -2.11. The fraction of sp³-hybridized carbons (Fsp3) is 0.385. The zero-order valence-corrected chi connectivity index (χ0v) is 11.4. The highest BCUT2D eigenvalue weighted by Gasteiger charge is 2.15. The molecule has 5 heteroatoms. The van der Waals surface area contributed by atoms with Crippen molar-refractivity contribution in [1.29, 1.82) is 0 Å². The van der Waals surface area contributed by atoms with Gasteiger partial charge in [-0.2, -0.15) is 16.7 Å². The summed E-state index contributed by atoms with van der Waals surface area (Å²) in [6, 6.07) is 7.84. The molecule has 0 radical (unpaired) electrons. The summed E-state index contributed by atoms with van der Waals surface area (Å²) < 4.78 is 5.22. The number of thioether (sulfide) groups is 1. The summed E-state index contributed by atoms with van der Waals surface area (Å²) >= 11 is 1.76. The molecule has 2 N–H and O–H groups in total. The molecule has 0 amide bonds. The maximum atomic E-state index is 5.99. The van der Waals surface area contributed by atoms with Gasteiger partial charge in [0.05, 0.1) is 6.04 Å². The molecule has 0 spiro atoms. The third-order valence-electron chi connectivity index (χ3n) is 2.67. The third kappa shape index (κ3) is 3.11. The first-order chi connectivity index (χ1) is 8.70. The SMILES string of the molecule is CSCC[C@H](N)c1nc(-c2cccc(C)c2)no1. The topological polar surface area (TPSA) is 64.9 Å². The fourth-order valence-electron chi connectivity index (χ4n) is 1.66. The van der Waals surface area contributed by atoms with Crippen LogP contribution < -0.4 is 5.73 Å². The van der Waals surface area contributed by atoms with Gasteiger partial charge in [0.1, 0.15) is 0 Å². The highest BCUT2D eigenvalue weighted by Crippen LogP contribution is 2.20. The van der Waals surface area contributed by atoms with E-state index >= 15 is 0 Å². The maximum Gasteiger partial charge on any atom is 0.243 e. The first-order valence-electron chi connectivity index (χ1n) is 5.86. The van der Waals surface area contributed by atoms with Gasteiger partial charge in [-0.15, -0.1) is 0 Å². The van der Waals surface area contributed by atoms with Crippen molar-refractivity contribution < 1.29 is 4.52 Å². The quantitative estimate of drug-likeness (QED) is 0.898. The Morgan fingerprint density at radius 3 is 3.00 bits per heavy atom. The van der Waals surface area contributed by atoms with Crippen molar-refractivity contribution in [3.63, 3.8) is 0 Å². The molecule has 96 valence electrons. The largest absolute Gasteiger partial charge is 0.337 e. The molecule has 0 aliphatic carbocycles. The molecule has 1 aromatic carbocycles. The Kier molecular flexibility index (Phi) is 4.38. The summed E-state index contributed by atoms with van der Waals surface area (Å²) in [6.07, 6.45) is 2.90. The molecule has 0 fully saturated rings. The van der Waals surface area contributed by atoms with Crippen LogP contribution in [-0.2, 0) is 0 Å². The van der Waals surface area contributed by atoms with E-state index in [4.69, 9.17) is 10.3 Å². The Labute approximate surface area is 111 Å². The lowest BCUT2D eigenvalue weighted by molar-refractivity contribution is 0.353. The number of rotatable bonds is 5. The first-order valence-corrected chi connectivity index (χ1v) is 7.25. The van der Waals surface area contributed by atoms with Gasteiger partial charge in [-0.25, -0.2) is 0 Å². The first kappa shape index (κ1) is 13.1. The number of nitrogens with zero attached hydrogens (tertiary/aromatic N) is 2. The second-order valence-corrected chi connectivity index (χ2v) is 5.20. The molecule has 1 aromatic heterocycles. The van der Waals surface area contributed by atoms with E-state index in [9.17, 15) is 0 Å². The molecule has 1 atom stereocenters. The van der Waals surface area contributed by atoms with Crippen molar-refractivity contribution in [1.82, 2.24) is 10.1 Å². The van der Waals surface area contributed by atoms with Crippen LogP contribution in [0.3, 0.4) is 0 Å². The average Bonchev–Trinajstić information content (AvgIpc) is 2.85. The highest BCUT2D eigenvalue weighted by molar-refractivity contribution is 7.98. The Balaban J connectivity index is 2.15. The van der Waals surface area contributed by atoms with Gasteiger partial charge in [0.25, 0.3) is 0 Å². The summed E-state index contributed by atoms with van der Waals surface area (Å²) in [7, 11) is 0. The molecule has 0 saturated carbocycles. The molecular formula is C13H17N3OS. The Bertz CT molecular complexity index is 512. The lowest BCUT2D eigenvalue weighted by Gasteiger charge is -2.03. The van der Waals surface area contributed by atoms with E-state index < -0.39 is 0 Å². The molecule has 0 bridgehead atoms. The van der Waals surface area contributed by atoms with Gasteiger partial charge < -0.3 is 10.3 Å². The molecule has 0 aliphatic heterocycles. The zero-order valence-electron chi connectivity index (χ0n) is 10.6. The van der Waals surface area contributed by atoms with Crippen LogP contribution in [0.2, 0.25) is 0 Å². The van der Waals surface area contributed by atoms with Crippen molar-refractivity contribution in [3.05, 3.63) is 35.7 Å². The number of aromatic nitrogens is 2. The van der Waals surface area contributed by atoms with Crippen LogP contribution in [-0.4, -0.2) is 22.1 Å². The second-order valence-electron chi connectivity index (χ2n) is 4.21. The Morgan fingerprint density at radius 2 is 2.28 bits per heavy atom. The summed E-state index contributed by atoms with van der Waals surface area (Å²) in [4.78, 5) is 4.36. The number of benzene rings is 1. The van der Waals surface area contributed by atoms with Crippen LogP contribution in [0.4, 0.5) is 0 Å². The van der Waals surface area contributed by atoms with Gasteiger partial charge in [0.2, 0.25) is 11.7 Å². The van der Waals surface area contributed by atoms with Crippen molar-refractivity contribution in [2.45, 2.75) is 19.4 Å². The minimum absolute atomic E-state index is 0.177. The lowest BCUT2D eigenvalue weighted by atomic mass is 10.1. The summed E-state index contributed by atoms with van der Waals surface area (Å²) in [5.74, 6) is 2.11. The second kappa shape index (κ2) is 6.02. The molecular weight excluding hydrogens is 246 g/mol. The van der Waals surface area contributed by atoms with E-state index in [2.05, 4.69) is 16.4 Å². The number of nitrogens with two attached hydrogens (primary N) is 1. The van der Waals surface area contributed by atoms with Crippen molar-refractivity contribution in [2.75, 3.05) is 12.0 Å². The summed E-state index contributed by atoms with van der Waals surface area (Å²) in [5, 5.41) is 3.98. The fourth-order valence-corrected chi connectivity index (χ4v) is 2.15. The van der Waals surface area contributed by atoms with Crippen LogP contribution in [0, 0.1) is 6.92 Å². The maximum absolute atomic E-state index is 5.99. The van der Waals surface area contributed by atoms with Gasteiger partial charge in [-0.1, -0.05) is 28.9 Å². The number of hydrogen-bond acceptors (Lipinski definition) is 5. The standard InChI is InChI=1S/C13H17N3OS/c1-9-4-3-5-10(8-9)12-15-13(17-16-12)11(14)6-7-18-2/h3-5,8,11H,6-7,14H2,1-2H3/t11-/m0/s1. The van der Waals surface area contributed by atoms with Gasteiger partial charge >= 0.3 is 0 Å². The molecule has 2 rings (SSSR count). The van der Waals surface area contributed by atoms with E-state index in [0.29, 0.717) is 11.7 Å². The van der Waals surface area contributed by atoms with E-state index in [0.717, 1.165) is 17.7 Å². The predicted octanol–water partition coefficient (Wildman–Crippen LogP) is 2.80. The Morgan fingerprint density at radius 1 is 1.44 bits per heavy atom. The highest BCUT2D eigenvalue weighted by atomic mass is 32.2. The molecule has 1 heterocycles. The average molecular weight is 263 g/mol. The molecule has 0 unspecified atom stereocenters. The van der Waals surface area contributed by atoms with Crippen molar-refractivity contribution in [2.24, 2.45) is 5.73 Å². The molecule has 0 saturated heterocycles. The van der Waals surface area contributed by atoms with Gasteiger partial charge in [0.15, 0.2) is 0 Å². The van der Waals surface area contributed by atoms with Gasteiger partial charge in [-0.3, -0.25) is 0 Å². The van der Waals surface area contributed by atoms with Crippen LogP contribution in [0.25, 0.3) is 11.4 Å². The number of aryl methyl sites for hydroxylation is 1. The van der Waals surface area contributed by atoms with Crippen LogP contribution >= 0.6 is 11.8 Å². The monoisotopic (exact) mass is 263 g/mol. The third-order valence-corrected chi connectivity index (χ3v) is 3.31.